The highest BCUT2D eigenvalue weighted by molar-refractivity contribution is 5.27. The molecule has 1 rings (SSSR count). The summed E-state index contributed by atoms with van der Waals surface area (Å²) < 4.78 is 0. The molecule has 1 aliphatic carbocycles. The normalized spacial score (nSPS) is 22.9. The first-order valence-electron chi connectivity index (χ1n) is 3.87. The van der Waals surface area contributed by atoms with Crippen LogP contribution in [0, 0.1) is 5.92 Å². The Bertz CT molecular complexity index is 182. The average Bonchev–Trinajstić information content (AvgIpc) is 2.34. The summed E-state index contributed by atoms with van der Waals surface area (Å²) in [6, 6.07) is 0. The van der Waals surface area contributed by atoms with Crippen molar-refractivity contribution in [3.05, 3.63) is 23.8 Å². The molecule has 62 valence electrons. The predicted octanol–water partition coefficient (Wildman–Crippen LogP) is 0.653. The highest BCUT2D eigenvalue weighted by Gasteiger charge is 2.13. The molecule has 11 heavy (non-hydrogen) atoms. The average molecular weight is 153 g/mol. The Hall–Kier alpha value is -0.600. The topological polar surface area (TPSA) is 23.5 Å². The minimum atomic E-state index is 0.186. The maximum Gasteiger partial charge on any atom is 0.0651 e. The molecule has 0 aromatic carbocycles. The maximum absolute atomic E-state index is 8.92. The van der Waals surface area contributed by atoms with Crippen molar-refractivity contribution >= 4 is 0 Å². The zero-order chi connectivity index (χ0) is 8.27. The molecule has 0 aliphatic heterocycles. The van der Waals surface area contributed by atoms with Gasteiger partial charge in [0.2, 0.25) is 0 Å². The second-order valence-corrected chi connectivity index (χ2v) is 3.15. The van der Waals surface area contributed by atoms with Crippen LogP contribution in [0.15, 0.2) is 23.8 Å². The van der Waals surface area contributed by atoms with E-state index in [0.717, 1.165) is 12.1 Å². The van der Waals surface area contributed by atoms with Gasteiger partial charge in [0, 0.05) is 12.5 Å². The summed E-state index contributed by atoms with van der Waals surface area (Å²) in [4.78, 5) is 2.13. The van der Waals surface area contributed by atoms with Gasteiger partial charge in [-0.15, -0.1) is 0 Å². The van der Waals surface area contributed by atoms with Gasteiger partial charge in [-0.05, 0) is 19.7 Å². The van der Waals surface area contributed by atoms with E-state index >= 15 is 0 Å². The Balaban J connectivity index is 2.46. The van der Waals surface area contributed by atoms with Crippen LogP contribution in [0.1, 0.15) is 0 Å². The molecule has 0 heterocycles. The second-order valence-electron chi connectivity index (χ2n) is 3.15. The Labute approximate surface area is 67.8 Å². The zero-order valence-electron chi connectivity index (χ0n) is 7.12. The minimum Gasteiger partial charge on any atom is -0.392 e. The molecule has 0 radical (unpaired) electrons. The summed E-state index contributed by atoms with van der Waals surface area (Å²) in [5.41, 5.74) is 1.12. The third kappa shape index (κ3) is 2.17. The van der Waals surface area contributed by atoms with Gasteiger partial charge in [0.05, 0.1) is 6.61 Å². The molecule has 0 amide bonds. The first-order valence-corrected chi connectivity index (χ1v) is 3.87. The lowest BCUT2D eigenvalue weighted by Gasteiger charge is -2.16. The van der Waals surface area contributed by atoms with Crippen LogP contribution in [-0.4, -0.2) is 37.3 Å². The van der Waals surface area contributed by atoms with Gasteiger partial charge in [0.25, 0.3) is 0 Å². The smallest absolute Gasteiger partial charge is 0.0651 e. The molecule has 0 bridgehead atoms. The van der Waals surface area contributed by atoms with Crippen LogP contribution in [0.2, 0.25) is 0 Å². The van der Waals surface area contributed by atoms with E-state index in [9.17, 15) is 0 Å². The highest BCUT2D eigenvalue weighted by Crippen LogP contribution is 2.18. The van der Waals surface area contributed by atoms with Crippen molar-refractivity contribution in [3.63, 3.8) is 0 Å². The van der Waals surface area contributed by atoms with E-state index in [0.29, 0.717) is 5.92 Å². The third-order valence-electron chi connectivity index (χ3n) is 1.87. The number of hydrogen-bond acceptors (Lipinski definition) is 2. The Morgan fingerprint density at radius 1 is 1.55 bits per heavy atom. The zero-order valence-corrected chi connectivity index (χ0v) is 7.12. The van der Waals surface area contributed by atoms with Gasteiger partial charge in [0.1, 0.15) is 0 Å². The lowest BCUT2D eigenvalue weighted by atomic mass is 10.0. The van der Waals surface area contributed by atoms with Crippen LogP contribution in [0.25, 0.3) is 0 Å². The molecule has 2 nitrogen and oxygen atoms in total. The van der Waals surface area contributed by atoms with Gasteiger partial charge in [0.15, 0.2) is 0 Å². The molecule has 1 atom stereocenters. The van der Waals surface area contributed by atoms with Crippen LogP contribution >= 0.6 is 0 Å². The number of hydrogen-bond donors (Lipinski definition) is 1. The molecule has 0 spiro atoms. The Morgan fingerprint density at radius 3 is 2.82 bits per heavy atom. The van der Waals surface area contributed by atoms with Gasteiger partial charge in [-0.1, -0.05) is 18.2 Å². The van der Waals surface area contributed by atoms with Gasteiger partial charge < -0.3 is 10.0 Å². The Morgan fingerprint density at radius 2 is 2.27 bits per heavy atom. The number of nitrogens with zero attached hydrogens (tertiary/aromatic N) is 1. The van der Waals surface area contributed by atoms with Crippen molar-refractivity contribution in [2.75, 3.05) is 27.2 Å². The summed E-state index contributed by atoms with van der Waals surface area (Å²) >= 11 is 0. The van der Waals surface area contributed by atoms with Gasteiger partial charge in [-0.3, -0.25) is 0 Å². The molecule has 1 unspecified atom stereocenters. The summed E-state index contributed by atoms with van der Waals surface area (Å²) in [7, 11) is 4.09. The van der Waals surface area contributed by atoms with E-state index in [1.165, 1.54) is 0 Å². The van der Waals surface area contributed by atoms with Crippen LogP contribution in [0.4, 0.5) is 0 Å². The number of aliphatic hydroxyl groups is 1. The molecule has 0 fully saturated rings. The maximum atomic E-state index is 8.92. The summed E-state index contributed by atoms with van der Waals surface area (Å²) in [6.07, 6.45) is 6.14. The molecule has 0 saturated heterocycles. The van der Waals surface area contributed by atoms with E-state index in [1.54, 1.807) is 0 Å². The van der Waals surface area contributed by atoms with Crippen molar-refractivity contribution in [3.8, 4) is 0 Å². The van der Waals surface area contributed by atoms with Crippen LogP contribution < -0.4 is 0 Å². The highest BCUT2D eigenvalue weighted by atomic mass is 16.3. The fourth-order valence-electron chi connectivity index (χ4n) is 1.30. The van der Waals surface area contributed by atoms with E-state index < -0.39 is 0 Å². The number of allylic oxidation sites excluding steroid dienone is 2. The molecule has 2 heteroatoms. The molecule has 0 aromatic heterocycles. The molecule has 0 aromatic rings. The molecular formula is C9H15NO. The van der Waals surface area contributed by atoms with Crippen molar-refractivity contribution in [2.45, 2.75) is 0 Å². The van der Waals surface area contributed by atoms with E-state index in [-0.39, 0.29) is 6.61 Å². The van der Waals surface area contributed by atoms with E-state index in [1.807, 2.05) is 26.2 Å². The van der Waals surface area contributed by atoms with Crippen molar-refractivity contribution in [1.82, 2.24) is 4.90 Å². The fourth-order valence-corrected chi connectivity index (χ4v) is 1.30. The SMILES string of the molecule is CN(C)CC1C=CC=C1CO. The number of aliphatic hydroxyl groups excluding tert-OH is 1. The lowest BCUT2D eigenvalue weighted by Crippen LogP contribution is -2.21. The van der Waals surface area contributed by atoms with Crippen molar-refractivity contribution in [1.29, 1.82) is 0 Å². The van der Waals surface area contributed by atoms with Gasteiger partial charge >= 0.3 is 0 Å². The second kappa shape index (κ2) is 3.69. The largest absolute Gasteiger partial charge is 0.392 e. The quantitative estimate of drug-likeness (QED) is 0.643. The van der Waals surface area contributed by atoms with Gasteiger partial charge in [-0.2, -0.15) is 0 Å². The summed E-state index contributed by atoms with van der Waals surface area (Å²) in [5, 5.41) is 8.92. The van der Waals surface area contributed by atoms with Crippen LogP contribution in [0.5, 0.6) is 0 Å². The molecular weight excluding hydrogens is 138 g/mol. The van der Waals surface area contributed by atoms with Crippen LogP contribution in [-0.2, 0) is 0 Å². The lowest BCUT2D eigenvalue weighted by molar-refractivity contribution is 0.305. The summed E-state index contributed by atoms with van der Waals surface area (Å²) in [6.45, 7) is 1.18. The molecule has 1 N–H and O–H groups in total. The van der Waals surface area contributed by atoms with Crippen LogP contribution in [0.3, 0.4) is 0 Å². The monoisotopic (exact) mass is 153 g/mol. The van der Waals surface area contributed by atoms with Crippen molar-refractivity contribution < 1.29 is 5.11 Å². The first kappa shape index (κ1) is 8.50. The van der Waals surface area contributed by atoms with Gasteiger partial charge in [-0.25, -0.2) is 0 Å². The first-order chi connectivity index (χ1) is 5.24. The van der Waals surface area contributed by atoms with E-state index in [4.69, 9.17) is 5.11 Å². The van der Waals surface area contributed by atoms with Crippen molar-refractivity contribution in [2.24, 2.45) is 5.92 Å². The molecule has 1 aliphatic rings. The third-order valence-corrected chi connectivity index (χ3v) is 1.87. The summed E-state index contributed by atoms with van der Waals surface area (Å²) in [5.74, 6) is 0.426. The standard InChI is InChI=1S/C9H15NO/c1-10(2)6-8-4-3-5-9(8)7-11/h3-5,8,11H,6-7H2,1-2H3. The van der Waals surface area contributed by atoms with E-state index in [2.05, 4.69) is 11.0 Å². The Kier molecular flexibility index (Phi) is 2.85. The predicted molar refractivity (Wildman–Crippen MR) is 46.4 cm³/mol. The number of rotatable bonds is 3. The minimum absolute atomic E-state index is 0.186. The molecule has 0 saturated carbocycles. The fraction of sp³-hybridized carbons (Fsp3) is 0.556.